The molecule has 6 N–H and O–H groups in total. The first-order chi connectivity index (χ1) is 21.4. The highest BCUT2D eigenvalue weighted by Crippen LogP contribution is 2.44. The number of hydrogen-bond donors (Lipinski definition) is 4. The van der Waals surface area contributed by atoms with Crippen molar-refractivity contribution in [3.05, 3.63) is 88.5 Å². The van der Waals surface area contributed by atoms with Crippen LogP contribution in [0.4, 0.5) is 0 Å². The number of carbonyl (C=O) groups excluding carboxylic acids is 3. The summed E-state index contributed by atoms with van der Waals surface area (Å²) in [7, 11) is 1.60. The van der Waals surface area contributed by atoms with Crippen molar-refractivity contribution >= 4 is 17.7 Å². The Morgan fingerprint density at radius 2 is 1.69 bits per heavy atom. The average Bonchev–Trinajstić information content (AvgIpc) is 3.03. The number of benzene rings is 2. The predicted octanol–water partition coefficient (Wildman–Crippen LogP) is 3.99. The molecule has 1 unspecified atom stereocenters. The Morgan fingerprint density at radius 1 is 1.02 bits per heavy atom. The van der Waals surface area contributed by atoms with Gasteiger partial charge in [0.05, 0.1) is 18.6 Å². The molecule has 0 spiro atoms. The van der Waals surface area contributed by atoms with Crippen LogP contribution in [0.2, 0.25) is 0 Å². The van der Waals surface area contributed by atoms with Gasteiger partial charge in [-0.25, -0.2) is 0 Å². The van der Waals surface area contributed by atoms with Crippen LogP contribution in [0.25, 0.3) is 0 Å². The van der Waals surface area contributed by atoms with Crippen molar-refractivity contribution in [2.75, 3.05) is 26.7 Å². The first-order valence-corrected chi connectivity index (χ1v) is 15.9. The van der Waals surface area contributed by atoms with Gasteiger partial charge in [0.15, 0.2) is 0 Å². The molecule has 9 nitrogen and oxygen atoms in total. The Hall–Kier alpha value is -3.95. The minimum Gasteiger partial charge on any atom is -0.497 e. The fourth-order valence-corrected chi connectivity index (χ4v) is 6.08. The third-order valence-electron chi connectivity index (χ3n) is 8.56. The van der Waals surface area contributed by atoms with E-state index in [1.54, 1.807) is 12.0 Å². The van der Waals surface area contributed by atoms with Crippen molar-refractivity contribution in [2.45, 2.75) is 71.9 Å². The number of rotatable bonds is 17. The lowest BCUT2D eigenvalue weighted by Gasteiger charge is -2.42. The van der Waals surface area contributed by atoms with E-state index in [1.165, 1.54) is 12.2 Å². The average molecular weight is 619 g/mol. The van der Waals surface area contributed by atoms with E-state index >= 15 is 0 Å². The van der Waals surface area contributed by atoms with Crippen molar-refractivity contribution in [1.29, 1.82) is 0 Å². The van der Waals surface area contributed by atoms with Crippen molar-refractivity contribution in [3.63, 3.8) is 0 Å². The Labute approximate surface area is 267 Å². The molecule has 2 aromatic carbocycles. The SMILES string of the molecule is CCCN(CCC)C(=O)C1=CC(C(N)=O)=CC(C(N)=O)([C@H](Cc2ccc(C(C)C)cc2)[C@@H](O)CNCc2cccc(OC)c2)C1. The summed E-state index contributed by atoms with van der Waals surface area (Å²) in [6.07, 6.45) is 3.62. The van der Waals surface area contributed by atoms with E-state index in [1.807, 2.05) is 62.4 Å². The minimum absolute atomic E-state index is 0.0352. The maximum Gasteiger partial charge on any atom is 0.249 e. The lowest BCUT2D eigenvalue weighted by atomic mass is 9.63. The summed E-state index contributed by atoms with van der Waals surface area (Å²) in [5.41, 5.74) is 13.8. The van der Waals surface area contributed by atoms with E-state index in [0.29, 0.717) is 25.6 Å². The molecule has 1 aliphatic rings. The molecule has 0 heterocycles. The molecular weight excluding hydrogens is 568 g/mol. The van der Waals surface area contributed by atoms with Gasteiger partial charge in [-0.3, -0.25) is 14.4 Å². The number of ether oxygens (including phenoxy) is 1. The van der Waals surface area contributed by atoms with Gasteiger partial charge in [-0.2, -0.15) is 0 Å². The number of nitrogens with one attached hydrogen (secondary N) is 1. The maximum absolute atomic E-state index is 13.8. The number of amides is 3. The number of nitrogens with two attached hydrogens (primary N) is 2. The van der Waals surface area contributed by atoms with Crippen molar-refractivity contribution in [2.24, 2.45) is 22.8 Å². The first-order valence-electron chi connectivity index (χ1n) is 15.9. The monoisotopic (exact) mass is 618 g/mol. The van der Waals surface area contributed by atoms with Crippen LogP contribution in [0.3, 0.4) is 0 Å². The number of hydrogen-bond acceptors (Lipinski definition) is 6. The fourth-order valence-electron chi connectivity index (χ4n) is 6.08. The Morgan fingerprint density at radius 3 is 2.24 bits per heavy atom. The van der Waals surface area contributed by atoms with E-state index in [2.05, 4.69) is 19.2 Å². The highest BCUT2D eigenvalue weighted by Gasteiger charge is 2.49. The molecule has 3 rings (SSSR count). The van der Waals surface area contributed by atoms with Crippen LogP contribution < -0.4 is 21.5 Å². The van der Waals surface area contributed by atoms with Crippen LogP contribution >= 0.6 is 0 Å². The largest absolute Gasteiger partial charge is 0.497 e. The molecule has 3 atom stereocenters. The normalized spacial score (nSPS) is 17.7. The molecule has 2 aromatic rings. The maximum atomic E-state index is 13.8. The molecule has 0 saturated carbocycles. The molecule has 1 aliphatic carbocycles. The van der Waals surface area contributed by atoms with Gasteiger partial charge in [0.2, 0.25) is 17.7 Å². The summed E-state index contributed by atoms with van der Waals surface area (Å²) in [6.45, 7) is 9.85. The summed E-state index contributed by atoms with van der Waals surface area (Å²) in [5, 5.41) is 15.1. The van der Waals surface area contributed by atoms with Gasteiger partial charge in [-0.15, -0.1) is 0 Å². The second kappa shape index (κ2) is 16.4. The Kier molecular flexibility index (Phi) is 12.9. The molecule has 0 aliphatic heterocycles. The molecule has 9 heteroatoms. The molecule has 244 valence electrons. The predicted molar refractivity (Wildman–Crippen MR) is 177 cm³/mol. The van der Waals surface area contributed by atoms with Gasteiger partial charge in [0.25, 0.3) is 0 Å². The van der Waals surface area contributed by atoms with Crippen LogP contribution in [0.5, 0.6) is 5.75 Å². The Balaban J connectivity index is 2.04. The van der Waals surface area contributed by atoms with Crippen LogP contribution in [-0.2, 0) is 27.3 Å². The number of carbonyl (C=O) groups is 3. The van der Waals surface area contributed by atoms with Gasteiger partial charge >= 0.3 is 0 Å². The molecule has 3 amide bonds. The zero-order valence-electron chi connectivity index (χ0n) is 27.3. The smallest absolute Gasteiger partial charge is 0.249 e. The molecule has 0 saturated heterocycles. The molecule has 0 fully saturated rings. The second-order valence-corrected chi connectivity index (χ2v) is 12.3. The van der Waals surface area contributed by atoms with Crippen molar-refractivity contribution in [1.82, 2.24) is 10.2 Å². The second-order valence-electron chi connectivity index (χ2n) is 12.3. The van der Waals surface area contributed by atoms with E-state index in [-0.39, 0.29) is 36.4 Å². The lowest BCUT2D eigenvalue weighted by Crippen LogP contribution is -2.52. The first kappa shape index (κ1) is 35.5. The van der Waals surface area contributed by atoms with Crippen molar-refractivity contribution in [3.8, 4) is 5.75 Å². The fraction of sp³-hybridized carbons (Fsp3) is 0.472. The van der Waals surface area contributed by atoms with Crippen LogP contribution in [0.15, 0.2) is 71.8 Å². The number of aliphatic hydroxyl groups excluding tert-OH is 1. The van der Waals surface area contributed by atoms with Crippen LogP contribution in [0, 0.1) is 11.3 Å². The molecular formula is C36H50N4O5. The number of nitrogens with zero attached hydrogens (tertiary/aromatic N) is 1. The minimum atomic E-state index is -1.55. The number of methoxy groups -OCH3 is 1. The van der Waals surface area contributed by atoms with Gasteiger partial charge in [-0.05, 0) is 66.5 Å². The molecule has 0 radical (unpaired) electrons. The Bertz CT molecular complexity index is 1380. The van der Waals surface area contributed by atoms with Gasteiger partial charge < -0.3 is 31.5 Å². The van der Waals surface area contributed by atoms with E-state index in [9.17, 15) is 19.5 Å². The third-order valence-corrected chi connectivity index (χ3v) is 8.56. The summed E-state index contributed by atoms with van der Waals surface area (Å²) >= 11 is 0. The van der Waals surface area contributed by atoms with E-state index < -0.39 is 29.3 Å². The summed E-state index contributed by atoms with van der Waals surface area (Å²) < 4.78 is 5.33. The van der Waals surface area contributed by atoms with Crippen molar-refractivity contribution < 1.29 is 24.2 Å². The van der Waals surface area contributed by atoms with Crippen LogP contribution in [0.1, 0.15) is 69.6 Å². The van der Waals surface area contributed by atoms with E-state index in [4.69, 9.17) is 16.2 Å². The molecule has 0 aromatic heterocycles. The van der Waals surface area contributed by atoms with Gasteiger partial charge in [0, 0.05) is 43.2 Å². The highest BCUT2D eigenvalue weighted by atomic mass is 16.5. The quantitative estimate of drug-likeness (QED) is 0.211. The zero-order valence-corrected chi connectivity index (χ0v) is 27.3. The summed E-state index contributed by atoms with van der Waals surface area (Å²) in [4.78, 5) is 41.8. The third kappa shape index (κ3) is 9.05. The number of aliphatic hydroxyl groups is 1. The molecule has 45 heavy (non-hydrogen) atoms. The standard InChI is InChI=1S/C36H50N4O5/c1-6-15-40(16-7-2)34(43)29-19-28(33(37)42)20-36(21-29,35(38)44)31(18-25-11-13-27(14-12-25)24(3)4)32(41)23-39-22-26-9-8-10-30(17-26)45-5/h8-14,17,19-20,24,31-32,39,41H,6-7,15-16,18,21-23H2,1-5H3,(H2,37,42)(H2,38,44)/t31-,32+,36?/m1/s1. The summed E-state index contributed by atoms with van der Waals surface area (Å²) in [5.74, 6) is -1.48. The zero-order chi connectivity index (χ0) is 33.1. The molecule has 0 bridgehead atoms. The lowest BCUT2D eigenvalue weighted by molar-refractivity contribution is -0.132. The number of primary amides is 2. The van der Waals surface area contributed by atoms with Gasteiger partial charge in [-0.1, -0.05) is 70.2 Å². The highest BCUT2D eigenvalue weighted by molar-refractivity contribution is 6.03. The topological polar surface area (TPSA) is 148 Å². The summed E-state index contributed by atoms with van der Waals surface area (Å²) in [6, 6.07) is 15.6. The van der Waals surface area contributed by atoms with Gasteiger partial charge in [0.1, 0.15) is 5.75 Å². The van der Waals surface area contributed by atoms with Crippen LogP contribution in [-0.4, -0.2) is 60.6 Å². The van der Waals surface area contributed by atoms with E-state index in [0.717, 1.165) is 35.3 Å².